The number of hydrogen-bond acceptors (Lipinski definition) is 4. The molecule has 3 N–H and O–H groups in total. The maximum Gasteiger partial charge on any atom is 0.307 e. The highest BCUT2D eigenvalue weighted by atomic mass is 16.4. The fraction of sp³-hybridized carbons (Fsp3) is 0.636. The molecule has 1 aliphatic carbocycles. The van der Waals surface area contributed by atoms with Crippen molar-refractivity contribution in [1.29, 1.82) is 0 Å². The summed E-state index contributed by atoms with van der Waals surface area (Å²) in [5.41, 5.74) is 0. The van der Waals surface area contributed by atoms with Crippen LogP contribution in [0.4, 0.5) is 5.95 Å². The zero-order chi connectivity index (χ0) is 13.1. The van der Waals surface area contributed by atoms with Crippen molar-refractivity contribution in [3.8, 4) is 0 Å². The van der Waals surface area contributed by atoms with Crippen molar-refractivity contribution in [3.05, 3.63) is 6.33 Å². The Kier molecular flexibility index (Phi) is 3.59. The standard InChI is InChI=1S/C11H16N4O3/c1-2-6-3-7(8(4-6)10(17)18)9(16)14-11-12-5-13-15-11/h5-8H,2-4H2,1H3,(H,17,18)(H2,12,13,14,15,16). The lowest BCUT2D eigenvalue weighted by atomic mass is 9.95. The monoisotopic (exact) mass is 252 g/mol. The average molecular weight is 252 g/mol. The number of hydrogen-bond donors (Lipinski definition) is 3. The molecule has 0 aromatic carbocycles. The van der Waals surface area contributed by atoms with Gasteiger partial charge >= 0.3 is 5.97 Å². The van der Waals surface area contributed by atoms with Crippen molar-refractivity contribution in [2.45, 2.75) is 26.2 Å². The molecule has 0 saturated heterocycles. The van der Waals surface area contributed by atoms with Crippen LogP contribution in [-0.4, -0.2) is 32.2 Å². The number of carboxylic acids is 1. The van der Waals surface area contributed by atoms with Gasteiger partial charge in [-0.15, -0.1) is 0 Å². The molecule has 2 rings (SSSR count). The molecule has 0 spiro atoms. The lowest BCUT2D eigenvalue weighted by Crippen LogP contribution is -2.30. The molecule has 1 fully saturated rings. The highest BCUT2D eigenvalue weighted by molar-refractivity contribution is 5.94. The Bertz CT molecular complexity index is 432. The summed E-state index contributed by atoms with van der Waals surface area (Å²) >= 11 is 0. The minimum atomic E-state index is -0.899. The zero-order valence-corrected chi connectivity index (χ0v) is 10.1. The van der Waals surface area contributed by atoms with Crippen LogP contribution in [0.1, 0.15) is 26.2 Å². The largest absolute Gasteiger partial charge is 0.481 e. The highest BCUT2D eigenvalue weighted by Crippen LogP contribution is 2.38. The van der Waals surface area contributed by atoms with Gasteiger partial charge in [0.2, 0.25) is 11.9 Å². The van der Waals surface area contributed by atoms with Gasteiger partial charge in [0, 0.05) is 0 Å². The Morgan fingerprint density at radius 3 is 2.78 bits per heavy atom. The van der Waals surface area contributed by atoms with E-state index in [4.69, 9.17) is 5.11 Å². The molecule has 98 valence electrons. The second-order valence-electron chi connectivity index (χ2n) is 4.62. The molecule has 1 heterocycles. The SMILES string of the molecule is CCC1CC(C(=O)O)C(C(=O)Nc2ncn[nH]2)C1. The number of H-pyrrole nitrogens is 1. The van der Waals surface area contributed by atoms with Gasteiger partial charge in [0.05, 0.1) is 11.8 Å². The van der Waals surface area contributed by atoms with Gasteiger partial charge in [-0.2, -0.15) is 10.1 Å². The number of amides is 1. The minimum Gasteiger partial charge on any atom is -0.481 e. The summed E-state index contributed by atoms with van der Waals surface area (Å²) in [7, 11) is 0. The summed E-state index contributed by atoms with van der Waals surface area (Å²) in [6.45, 7) is 2.01. The molecule has 1 aromatic rings. The number of nitrogens with zero attached hydrogens (tertiary/aromatic N) is 2. The molecule has 18 heavy (non-hydrogen) atoms. The van der Waals surface area contributed by atoms with E-state index in [2.05, 4.69) is 20.5 Å². The smallest absolute Gasteiger partial charge is 0.307 e. The minimum absolute atomic E-state index is 0.254. The molecule has 0 radical (unpaired) electrons. The lowest BCUT2D eigenvalue weighted by molar-refractivity contribution is -0.145. The van der Waals surface area contributed by atoms with Crippen LogP contribution in [0.3, 0.4) is 0 Å². The number of carboxylic acid groups (broad SMARTS) is 1. The normalized spacial score (nSPS) is 27.1. The summed E-state index contributed by atoms with van der Waals surface area (Å²) in [5.74, 6) is -1.73. The van der Waals surface area contributed by atoms with Crippen LogP contribution in [0.15, 0.2) is 6.33 Å². The molecule has 7 nitrogen and oxygen atoms in total. The zero-order valence-electron chi connectivity index (χ0n) is 10.1. The molecule has 7 heteroatoms. The van der Waals surface area contributed by atoms with E-state index in [1.165, 1.54) is 6.33 Å². The summed E-state index contributed by atoms with van der Waals surface area (Å²) in [4.78, 5) is 27.0. The van der Waals surface area contributed by atoms with Crippen LogP contribution >= 0.6 is 0 Å². The number of aliphatic carboxylic acids is 1. The van der Waals surface area contributed by atoms with Gasteiger partial charge in [-0.25, -0.2) is 5.10 Å². The van der Waals surface area contributed by atoms with Crippen molar-refractivity contribution in [2.75, 3.05) is 5.32 Å². The molecule has 1 saturated carbocycles. The fourth-order valence-electron chi connectivity index (χ4n) is 2.51. The topological polar surface area (TPSA) is 108 Å². The van der Waals surface area contributed by atoms with E-state index in [1.54, 1.807) is 0 Å². The van der Waals surface area contributed by atoms with Crippen LogP contribution in [0.2, 0.25) is 0 Å². The quantitative estimate of drug-likeness (QED) is 0.737. The first kappa shape index (κ1) is 12.5. The Morgan fingerprint density at radius 2 is 2.22 bits per heavy atom. The maximum atomic E-state index is 12.0. The molecule has 3 atom stereocenters. The van der Waals surface area contributed by atoms with Gasteiger partial charge in [0.15, 0.2) is 0 Å². The third kappa shape index (κ3) is 2.49. The summed E-state index contributed by atoms with van der Waals surface area (Å²) in [6.07, 6.45) is 3.37. The van der Waals surface area contributed by atoms with Crippen LogP contribution in [-0.2, 0) is 9.59 Å². The predicted octanol–water partition coefficient (Wildman–Crippen LogP) is 0.880. The summed E-state index contributed by atoms with van der Waals surface area (Å²) < 4.78 is 0. The van der Waals surface area contributed by atoms with E-state index in [0.717, 1.165) is 6.42 Å². The number of rotatable bonds is 4. The Labute approximate surface area is 104 Å². The molecule has 3 unspecified atom stereocenters. The van der Waals surface area contributed by atoms with Gasteiger partial charge in [-0.05, 0) is 18.8 Å². The number of aromatic amines is 1. The summed E-state index contributed by atoms with van der Waals surface area (Å²) in [5, 5.41) is 17.9. The number of carbonyl (C=O) groups is 2. The lowest BCUT2D eigenvalue weighted by Gasteiger charge is -2.13. The van der Waals surface area contributed by atoms with E-state index in [0.29, 0.717) is 18.8 Å². The maximum absolute atomic E-state index is 12.0. The molecule has 1 aliphatic rings. The molecular formula is C11H16N4O3. The van der Waals surface area contributed by atoms with Gasteiger partial charge in [-0.3, -0.25) is 14.9 Å². The Balaban J connectivity index is 2.05. The van der Waals surface area contributed by atoms with Crippen LogP contribution in [0, 0.1) is 17.8 Å². The number of aromatic nitrogens is 3. The highest BCUT2D eigenvalue weighted by Gasteiger charge is 2.42. The van der Waals surface area contributed by atoms with E-state index >= 15 is 0 Å². The first-order chi connectivity index (χ1) is 8.61. The average Bonchev–Trinajstić information content (AvgIpc) is 2.96. The van der Waals surface area contributed by atoms with Gasteiger partial charge < -0.3 is 5.11 Å². The number of carbonyl (C=O) groups excluding carboxylic acids is 1. The molecule has 0 aliphatic heterocycles. The number of anilines is 1. The first-order valence-corrected chi connectivity index (χ1v) is 6.00. The molecule has 0 bridgehead atoms. The Hall–Kier alpha value is -1.92. The van der Waals surface area contributed by atoms with Crippen LogP contribution in [0.25, 0.3) is 0 Å². The number of nitrogens with one attached hydrogen (secondary N) is 2. The van der Waals surface area contributed by atoms with Gasteiger partial charge in [-0.1, -0.05) is 13.3 Å². The third-order valence-electron chi connectivity index (χ3n) is 3.55. The van der Waals surface area contributed by atoms with E-state index in [-0.39, 0.29) is 11.9 Å². The van der Waals surface area contributed by atoms with E-state index in [1.807, 2.05) is 6.92 Å². The molecule has 1 aromatic heterocycles. The third-order valence-corrected chi connectivity index (χ3v) is 3.55. The van der Waals surface area contributed by atoms with Crippen LogP contribution < -0.4 is 5.32 Å². The fourth-order valence-corrected chi connectivity index (χ4v) is 2.51. The molecular weight excluding hydrogens is 236 g/mol. The van der Waals surface area contributed by atoms with E-state index in [9.17, 15) is 9.59 Å². The second-order valence-corrected chi connectivity index (χ2v) is 4.62. The summed E-state index contributed by atoms with van der Waals surface area (Å²) in [6, 6.07) is 0. The van der Waals surface area contributed by atoms with Crippen molar-refractivity contribution >= 4 is 17.8 Å². The van der Waals surface area contributed by atoms with Crippen molar-refractivity contribution in [1.82, 2.24) is 15.2 Å². The van der Waals surface area contributed by atoms with E-state index < -0.39 is 17.8 Å². The van der Waals surface area contributed by atoms with Crippen molar-refractivity contribution in [2.24, 2.45) is 17.8 Å². The molecule has 1 amide bonds. The first-order valence-electron chi connectivity index (χ1n) is 6.00. The predicted molar refractivity (Wildman–Crippen MR) is 62.6 cm³/mol. The van der Waals surface area contributed by atoms with Gasteiger partial charge in [0.1, 0.15) is 6.33 Å². The second kappa shape index (κ2) is 5.16. The van der Waals surface area contributed by atoms with Crippen molar-refractivity contribution < 1.29 is 14.7 Å². The Morgan fingerprint density at radius 1 is 1.50 bits per heavy atom. The van der Waals surface area contributed by atoms with Gasteiger partial charge in [0.25, 0.3) is 0 Å². The van der Waals surface area contributed by atoms with Crippen molar-refractivity contribution in [3.63, 3.8) is 0 Å². The van der Waals surface area contributed by atoms with Crippen LogP contribution in [0.5, 0.6) is 0 Å².